The van der Waals surface area contributed by atoms with Gasteiger partial charge in [-0.3, -0.25) is 4.84 Å². The molecule has 0 bridgehead atoms. The number of benzene rings is 1. The van der Waals surface area contributed by atoms with E-state index in [1.54, 1.807) is 0 Å². The van der Waals surface area contributed by atoms with Gasteiger partial charge in [0, 0.05) is 7.05 Å². The first-order valence-corrected chi connectivity index (χ1v) is 4.28. The molecule has 0 radical (unpaired) electrons. The van der Waals surface area contributed by atoms with Crippen LogP contribution in [0.3, 0.4) is 0 Å². The Morgan fingerprint density at radius 2 is 2.08 bits per heavy atom. The zero-order chi connectivity index (χ0) is 8.39. The van der Waals surface area contributed by atoms with E-state index in [-0.39, 0.29) is 0 Å². The molecule has 12 heavy (non-hydrogen) atoms. The van der Waals surface area contributed by atoms with Crippen LogP contribution >= 0.6 is 0 Å². The molecular formula is C10H13NO. The summed E-state index contributed by atoms with van der Waals surface area (Å²) in [6.07, 6.45) is 1.10. The molecule has 1 aliphatic heterocycles. The van der Waals surface area contributed by atoms with E-state index < -0.39 is 0 Å². The molecule has 1 saturated heterocycles. The summed E-state index contributed by atoms with van der Waals surface area (Å²) in [5.41, 5.74) is 1.34. The van der Waals surface area contributed by atoms with Crippen molar-refractivity contribution in [2.45, 2.75) is 12.5 Å². The summed E-state index contributed by atoms with van der Waals surface area (Å²) < 4.78 is 0. The van der Waals surface area contributed by atoms with Crippen molar-refractivity contribution in [3.63, 3.8) is 0 Å². The summed E-state index contributed by atoms with van der Waals surface area (Å²) in [5.74, 6) is 0. The van der Waals surface area contributed by atoms with E-state index in [2.05, 4.69) is 24.3 Å². The molecular weight excluding hydrogens is 150 g/mol. The smallest absolute Gasteiger partial charge is 0.0704 e. The van der Waals surface area contributed by atoms with Crippen LogP contribution in [0.4, 0.5) is 0 Å². The Morgan fingerprint density at radius 3 is 2.67 bits per heavy atom. The minimum Gasteiger partial charge on any atom is -0.299 e. The minimum absolute atomic E-state index is 0.450. The SMILES string of the molecule is CN1OCC[C@H]1c1ccccc1. The highest BCUT2D eigenvalue weighted by Gasteiger charge is 2.22. The van der Waals surface area contributed by atoms with Gasteiger partial charge in [-0.25, -0.2) is 0 Å². The van der Waals surface area contributed by atoms with Crippen LogP contribution < -0.4 is 0 Å². The fourth-order valence-electron chi connectivity index (χ4n) is 1.63. The lowest BCUT2D eigenvalue weighted by Crippen LogP contribution is -2.15. The van der Waals surface area contributed by atoms with Crippen molar-refractivity contribution in [3.05, 3.63) is 35.9 Å². The first-order valence-electron chi connectivity index (χ1n) is 4.28. The van der Waals surface area contributed by atoms with Gasteiger partial charge in [-0.2, -0.15) is 5.06 Å². The third-order valence-electron chi connectivity index (χ3n) is 2.31. The molecule has 0 saturated carbocycles. The van der Waals surface area contributed by atoms with Crippen LogP contribution in [-0.2, 0) is 4.84 Å². The van der Waals surface area contributed by atoms with Crippen LogP contribution in [0.25, 0.3) is 0 Å². The van der Waals surface area contributed by atoms with Gasteiger partial charge in [0.1, 0.15) is 0 Å². The van der Waals surface area contributed by atoms with Crippen LogP contribution in [-0.4, -0.2) is 18.7 Å². The van der Waals surface area contributed by atoms with Crippen molar-refractivity contribution in [2.75, 3.05) is 13.7 Å². The Morgan fingerprint density at radius 1 is 1.33 bits per heavy atom. The maximum atomic E-state index is 5.35. The molecule has 1 aromatic carbocycles. The summed E-state index contributed by atoms with van der Waals surface area (Å²) in [7, 11) is 1.99. The molecule has 0 amide bonds. The zero-order valence-corrected chi connectivity index (χ0v) is 7.23. The molecule has 2 nitrogen and oxygen atoms in total. The van der Waals surface area contributed by atoms with E-state index in [4.69, 9.17) is 4.84 Å². The van der Waals surface area contributed by atoms with Crippen molar-refractivity contribution < 1.29 is 4.84 Å². The first-order chi connectivity index (χ1) is 5.88. The quantitative estimate of drug-likeness (QED) is 0.627. The second kappa shape index (κ2) is 3.25. The van der Waals surface area contributed by atoms with Crippen LogP contribution in [0.5, 0.6) is 0 Å². The minimum atomic E-state index is 0.450. The van der Waals surface area contributed by atoms with Crippen molar-refractivity contribution in [1.29, 1.82) is 0 Å². The highest BCUT2D eigenvalue weighted by atomic mass is 16.7. The summed E-state index contributed by atoms with van der Waals surface area (Å²) in [4.78, 5) is 5.35. The molecule has 1 aliphatic rings. The van der Waals surface area contributed by atoms with Crippen LogP contribution in [0.2, 0.25) is 0 Å². The third kappa shape index (κ3) is 1.36. The monoisotopic (exact) mass is 163 g/mol. The highest BCUT2D eigenvalue weighted by molar-refractivity contribution is 5.18. The Hall–Kier alpha value is -0.860. The lowest BCUT2D eigenvalue weighted by Gasteiger charge is -2.17. The molecule has 0 aliphatic carbocycles. The Kier molecular flexibility index (Phi) is 2.11. The second-order valence-electron chi connectivity index (χ2n) is 3.09. The highest BCUT2D eigenvalue weighted by Crippen LogP contribution is 2.27. The number of hydroxylamine groups is 2. The van der Waals surface area contributed by atoms with Gasteiger partial charge in [0.15, 0.2) is 0 Å². The largest absolute Gasteiger partial charge is 0.299 e. The van der Waals surface area contributed by atoms with E-state index in [0.717, 1.165) is 13.0 Å². The Balaban J connectivity index is 2.19. The standard InChI is InChI=1S/C10H13NO/c1-11-10(7-8-12-11)9-5-3-2-4-6-9/h2-6,10H,7-8H2,1H3/t10-/m0/s1. The Labute approximate surface area is 72.7 Å². The predicted octanol–water partition coefficient (Wildman–Crippen LogP) is 1.99. The van der Waals surface area contributed by atoms with Crippen molar-refractivity contribution >= 4 is 0 Å². The molecule has 1 heterocycles. The topological polar surface area (TPSA) is 12.5 Å². The number of rotatable bonds is 1. The molecule has 0 unspecified atom stereocenters. The van der Waals surface area contributed by atoms with Gasteiger partial charge in [-0.1, -0.05) is 30.3 Å². The predicted molar refractivity (Wildman–Crippen MR) is 47.5 cm³/mol. The van der Waals surface area contributed by atoms with Crippen molar-refractivity contribution in [3.8, 4) is 0 Å². The first kappa shape index (κ1) is 7.77. The van der Waals surface area contributed by atoms with E-state index in [1.165, 1.54) is 5.56 Å². The average molecular weight is 163 g/mol. The van der Waals surface area contributed by atoms with Crippen molar-refractivity contribution in [2.24, 2.45) is 0 Å². The molecule has 0 N–H and O–H groups in total. The zero-order valence-electron chi connectivity index (χ0n) is 7.23. The maximum Gasteiger partial charge on any atom is 0.0704 e. The summed E-state index contributed by atoms with van der Waals surface area (Å²) in [6.45, 7) is 0.843. The number of nitrogens with zero attached hydrogens (tertiary/aromatic N) is 1. The summed E-state index contributed by atoms with van der Waals surface area (Å²) in [5, 5.41) is 1.94. The molecule has 2 rings (SSSR count). The molecule has 64 valence electrons. The van der Waals surface area contributed by atoms with Gasteiger partial charge in [0.25, 0.3) is 0 Å². The molecule has 2 heteroatoms. The van der Waals surface area contributed by atoms with E-state index in [0.29, 0.717) is 6.04 Å². The summed E-state index contributed by atoms with van der Waals surface area (Å²) in [6, 6.07) is 10.9. The number of hydrogen-bond acceptors (Lipinski definition) is 2. The van der Waals surface area contributed by atoms with Crippen molar-refractivity contribution in [1.82, 2.24) is 5.06 Å². The van der Waals surface area contributed by atoms with Crippen LogP contribution in [0, 0.1) is 0 Å². The normalized spacial score (nSPS) is 24.6. The van der Waals surface area contributed by atoms with Crippen LogP contribution in [0.1, 0.15) is 18.0 Å². The Bertz CT molecular complexity index is 247. The molecule has 1 aromatic rings. The lowest BCUT2D eigenvalue weighted by atomic mass is 10.1. The van der Waals surface area contributed by atoms with Gasteiger partial charge in [0.2, 0.25) is 0 Å². The van der Waals surface area contributed by atoms with Gasteiger partial charge >= 0.3 is 0 Å². The van der Waals surface area contributed by atoms with Gasteiger partial charge < -0.3 is 0 Å². The van der Waals surface area contributed by atoms with Gasteiger partial charge in [0.05, 0.1) is 12.6 Å². The summed E-state index contributed by atoms with van der Waals surface area (Å²) >= 11 is 0. The fourth-order valence-corrected chi connectivity index (χ4v) is 1.63. The van der Waals surface area contributed by atoms with Gasteiger partial charge in [-0.05, 0) is 12.0 Å². The molecule has 0 aromatic heterocycles. The van der Waals surface area contributed by atoms with E-state index in [9.17, 15) is 0 Å². The van der Waals surface area contributed by atoms with E-state index in [1.807, 2.05) is 18.2 Å². The fraction of sp³-hybridized carbons (Fsp3) is 0.400. The average Bonchev–Trinajstić information content (AvgIpc) is 2.53. The number of hydrogen-bond donors (Lipinski definition) is 0. The maximum absolute atomic E-state index is 5.35. The van der Waals surface area contributed by atoms with E-state index >= 15 is 0 Å². The molecule has 0 spiro atoms. The third-order valence-corrected chi connectivity index (χ3v) is 2.31. The lowest BCUT2D eigenvalue weighted by molar-refractivity contribution is -0.110. The molecule has 1 fully saturated rings. The van der Waals surface area contributed by atoms with Gasteiger partial charge in [-0.15, -0.1) is 0 Å². The van der Waals surface area contributed by atoms with Crippen LogP contribution in [0.15, 0.2) is 30.3 Å². The second-order valence-corrected chi connectivity index (χ2v) is 3.09. The molecule has 1 atom stereocenters.